The van der Waals surface area contributed by atoms with Gasteiger partial charge in [-0.1, -0.05) is 18.2 Å². The Morgan fingerprint density at radius 2 is 1.68 bits per heavy atom. The molecule has 0 aliphatic rings. The molecule has 0 aliphatic heterocycles. The van der Waals surface area contributed by atoms with E-state index in [1.54, 1.807) is 20.3 Å². The van der Waals surface area contributed by atoms with Crippen molar-refractivity contribution in [3.05, 3.63) is 65.0 Å². The van der Waals surface area contributed by atoms with Gasteiger partial charge in [-0.05, 0) is 44.5 Å². The summed E-state index contributed by atoms with van der Waals surface area (Å²) in [5, 5.41) is 7.58. The monoisotopic (exact) mass is 379 g/mol. The molecule has 1 N–H and O–H groups in total. The number of anilines is 1. The van der Waals surface area contributed by atoms with Crippen LogP contribution in [0.4, 0.5) is 5.69 Å². The molecule has 0 bridgehead atoms. The molecule has 3 rings (SSSR count). The lowest BCUT2D eigenvalue weighted by Gasteiger charge is -2.14. The van der Waals surface area contributed by atoms with E-state index in [2.05, 4.69) is 10.4 Å². The van der Waals surface area contributed by atoms with Crippen molar-refractivity contribution in [1.29, 1.82) is 0 Å². The first-order chi connectivity index (χ1) is 13.4. The molecule has 0 aliphatic carbocycles. The highest BCUT2D eigenvalue weighted by molar-refractivity contribution is 5.93. The predicted molar refractivity (Wildman–Crippen MR) is 110 cm³/mol. The number of benzene rings is 2. The van der Waals surface area contributed by atoms with Crippen molar-refractivity contribution >= 4 is 11.6 Å². The number of methoxy groups -OCH3 is 2. The van der Waals surface area contributed by atoms with E-state index in [1.807, 2.05) is 61.9 Å². The molecule has 1 heterocycles. The summed E-state index contributed by atoms with van der Waals surface area (Å²) in [6.07, 6.45) is 0.248. The van der Waals surface area contributed by atoms with Crippen LogP contribution in [0.3, 0.4) is 0 Å². The van der Waals surface area contributed by atoms with E-state index >= 15 is 0 Å². The van der Waals surface area contributed by atoms with E-state index in [1.165, 1.54) is 0 Å². The number of hydrogen-bond donors (Lipinski definition) is 1. The van der Waals surface area contributed by atoms with Crippen molar-refractivity contribution in [2.45, 2.75) is 27.2 Å². The minimum absolute atomic E-state index is 0.103. The lowest BCUT2D eigenvalue weighted by molar-refractivity contribution is -0.115. The molecule has 1 aromatic heterocycles. The third-order valence-electron chi connectivity index (χ3n) is 4.78. The summed E-state index contributed by atoms with van der Waals surface area (Å²) in [6.45, 7) is 5.83. The molecule has 2 aromatic carbocycles. The highest BCUT2D eigenvalue weighted by Gasteiger charge is 2.17. The number of hydrogen-bond acceptors (Lipinski definition) is 4. The Bertz CT molecular complexity index is 994. The molecule has 0 fully saturated rings. The second-order valence-electron chi connectivity index (χ2n) is 6.64. The number of aryl methyl sites for hydroxylation is 2. The largest absolute Gasteiger partial charge is 0.493 e. The molecule has 6 heteroatoms. The number of nitrogens with one attached hydrogen (secondary N) is 1. The molecule has 0 atom stereocenters. The molecule has 0 radical (unpaired) electrons. The molecule has 0 unspecified atom stereocenters. The summed E-state index contributed by atoms with van der Waals surface area (Å²) in [7, 11) is 3.16. The SMILES string of the molecule is COc1cc(C)c(NC(=O)Cc2c(C)nn(-c3ccccc3)c2C)cc1OC. The van der Waals surface area contributed by atoms with Crippen molar-refractivity contribution in [3.63, 3.8) is 0 Å². The molecule has 28 heavy (non-hydrogen) atoms. The minimum Gasteiger partial charge on any atom is -0.493 e. The number of para-hydroxylation sites is 1. The van der Waals surface area contributed by atoms with Gasteiger partial charge < -0.3 is 14.8 Å². The number of amides is 1. The Hall–Kier alpha value is -3.28. The number of carbonyl (C=O) groups is 1. The first-order valence-electron chi connectivity index (χ1n) is 9.07. The van der Waals surface area contributed by atoms with E-state index in [0.717, 1.165) is 28.2 Å². The zero-order valence-electron chi connectivity index (χ0n) is 16.9. The van der Waals surface area contributed by atoms with E-state index in [9.17, 15) is 4.79 Å². The third kappa shape index (κ3) is 3.86. The highest BCUT2D eigenvalue weighted by atomic mass is 16.5. The van der Waals surface area contributed by atoms with Gasteiger partial charge in [0, 0.05) is 23.0 Å². The second kappa shape index (κ2) is 8.17. The van der Waals surface area contributed by atoms with Crippen molar-refractivity contribution in [2.75, 3.05) is 19.5 Å². The zero-order valence-corrected chi connectivity index (χ0v) is 16.9. The van der Waals surface area contributed by atoms with Crippen LogP contribution in [-0.2, 0) is 11.2 Å². The predicted octanol–water partition coefficient (Wildman–Crippen LogP) is 4.00. The Labute approximate surface area is 165 Å². The maximum Gasteiger partial charge on any atom is 0.228 e. The van der Waals surface area contributed by atoms with Gasteiger partial charge in [-0.2, -0.15) is 5.10 Å². The number of rotatable bonds is 6. The average molecular weight is 379 g/mol. The van der Waals surface area contributed by atoms with Gasteiger partial charge in [-0.3, -0.25) is 4.79 Å². The molecule has 3 aromatic rings. The number of aromatic nitrogens is 2. The smallest absolute Gasteiger partial charge is 0.228 e. The molecule has 0 saturated heterocycles. The Balaban J connectivity index is 1.82. The summed E-state index contributed by atoms with van der Waals surface area (Å²) in [4.78, 5) is 12.7. The maximum atomic E-state index is 12.7. The van der Waals surface area contributed by atoms with Crippen molar-refractivity contribution in [1.82, 2.24) is 9.78 Å². The van der Waals surface area contributed by atoms with Crippen LogP contribution in [0.15, 0.2) is 42.5 Å². The molecule has 146 valence electrons. The van der Waals surface area contributed by atoms with Gasteiger partial charge in [0.25, 0.3) is 0 Å². The molecule has 6 nitrogen and oxygen atoms in total. The van der Waals surface area contributed by atoms with Crippen molar-refractivity contribution in [2.24, 2.45) is 0 Å². The van der Waals surface area contributed by atoms with E-state index in [4.69, 9.17) is 9.47 Å². The van der Waals surface area contributed by atoms with Crippen LogP contribution in [-0.4, -0.2) is 29.9 Å². The van der Waals surface area contributed by atoms with Crippen LogP contribution in [0.25, 0.3) is 5.69 Å². The molecule has 1 amide bonds. The van der Waals surface area contributed by atoms with Gasteiger partial charge in [0.1, 0.15) is 0 Å². The second-order valence-corrected chi connectivity index (χ2v) is 6.64. The topological polar surface area (TPSA) is 65.4 Å². The van der Waals surface area contributed by atoms with Crippen LogP contribution >= 0.6 is 0 Å². The maximum absolute atomic E-state index is 12.7. The van der Waals surface area contributed by atoms with Crippen molar-refractivity contribution in [3.8, 4) is 17.2 Å². The summed E-state index contributed by atoms with van der Waals surface area (Å²) in [5.74, 6) is 1.11. The van der Waals surface area contributed by atoms with Crippen LogP contribution < -0.4 is 14.8 Å². The fraction of sp³-hybridized carbons (Fsp3) is 0.273. The average Bonchev–Trinajstić information content (AvgIpc) is 2.98. The molecule has 0 saturated carbocycles. The summed E-state index contributed by atoms with van der Waals surface area (Å²) in [5.41, 5.74) is 5.32. The normalized spacial score (nSPS) is 10.6. The quantitative estimate of drug-likeness (QED) is 0.703. The van der Waals surface area contributed by atoms with E-state index in [0.29, 0.717) is 17.2 Å². The number of carbonyl (C=O) groups excluding carboxylic acids is 1. The van der Waals surface area contributed by atoms with E-state index in [-0.39, 0.29) is 12.3 Å². The first-order valence-corrected chi connectivity index (χ1v) is 9.07. The van der Waals surface area contributed by atoms with Crippen LogP contribution in [0.1, 0.15) is 22.5 Å². The minimum atomic E-state index is -0.103. The zero-order chi connectivity index (χ0) is 20.3. The molecule has 0 spiro atoms. The number of nitrogens with zero attached hydrogens (tertiary/aromatic N) is 2. The van der Waals surface area contributed by atoms with Crippen LogP contribution in [0.2, 0.25) is 0 Å². The number of ether oxygens (including phenoxy) is 2. The van der Waals surface area contributed by atoms with E-state index < -0.39 is 0 Å². The van der Waals surface area contributed by atoms with Gasteiger partial charge in [0.05, 0.1) is 32.0 Å². The standard InChI is InChI=1S/C22H25N3O3/c1-14-11-20(27-4)21(28-5)13-19(14)23-22(26)12-18-15(2)24-25(16(18)3)17-9-7-6-8-10-17/h6-11,13H,12H2,1-5H3,(H,23,26). The van der Waals surface area contributed by atoms with Crippen molar-refractivity contribution < 1.29 is 14.3 Å². The Morgan fingerprint density at radius 3 is 2.32 bits per heavy atom. The Morgan fingerprint density at radius 1 is 1.04 bits per heavy atom. The van der Waals surface area contributed by atoms with Gasteiger partial charge in [-0.15, -0.1) is 0 Å². The Kier molecular flexibility index (Phi) is 5.68. The summed E-state index contributed by atoms with van der Waals surface area (Å²) < 4.78 is 12.5. The summed E-state index contributed by atoms with van der Waals surface area (Å²) in [6, 6.07) is 13.5. The fourth-order valence-corrected chi connectivity index (χ4v) is 3.22. The lowest BCUT2D eigenvalue weighted by atomic mass is 10.1. The van der Waals surface area contributed by atoms with Gasteiger partial charge >= 0.3 is 0 Å². The van der Waals surface area contributed by atoms with Crippen LogP contribution in [0.5, 0.6) is 11.5 Å². The molecular weight excluding hydrogens is 354 g/mol. The van der Waals surface area contributed by atoms with Gasteiger partial charge in [0.2, 0.25) is 5.91 Å². The third-order valence-corrected chi connectivity index (χ3v) is 4.78. The van der Waals surface area contributed by atoms with Crippen LogP contribution in [0, 0.1) is 20.8 Å². The van der Waals surface area contributed by atoms with Gasteiger partial charge in [0.15, 0.2) is 11.5 Å². The highest BCUT2D eigenvalue weighted by Crippen LogP contribution is 2.33. The first kappa shape index (κ1) is 19.5. The van der Waals surface area contributed by atoms with Gasteiger partial charge in [-0.25, -0.2) is 4.68 Å². The lowest BCUT2D eigenvalue weighted by Crippen LogP contribution is -2.16. The molecular formula is C22H25N3O3. The fourth-order valence-electron chi connectivity index (χ4n) is 3.22. The summed E-state index contributed by atoms with van der Waals surface area (Å²) >= 11 is 0.